The van der Waals surface area contributed by atoms with Crippen LogP contribution >= 0.6 is 0 Å². The van der Waals surface area contributed by atoms with E-state index < -0.39 is 0 Å². The summed E-state index contributed by atoms with van der Waals surface area (Å²) in [6, 6.07) is 0. The van der Waals surface area contributed by atoms with Crippen molar-refractivity contribution >= 4 is 5.71 Å². The Kier molecular flexibility index (Phi) is 3.48. The normalized spacial score (nSPS) is 15.5. The molecule has 0 aromatic heterocycles. The fraction of sp³-hybridized carbons (Fsp3) is 0.417. The third-order valence-corrected chi connectivity index (χ3v) is 2.11. The molecule has 1 N–H and O–H groups in total. The van der Waals surface area contributed by atoms with E-state index >= 15 is 0 Å². The fourth-order valence-electron chi connectivity index (χ4n) is 1.04. The summed E-state index contributed by atoms with van der Waals surface area (Å²) in [4.78, 5) is 4.05. The highest BCUT2D eigenvalue weighted by molar-refractivity contribution is 6.05. The van der Waals surface area contributed by atoms with E-state index in [1.165, 1.54) is 5.06 Å². The first-order valence-corrected chi connectivity index (χ1v) is 4.96. The van der Waals surface area contributed by atoms with E-state index in [1.807, 2.05) is 45.1 Å². The van der Waals surface area contributed by atoms with Crippen molar-refractivity contribution in [1.82, 2.24) is 5.06 Å². The highest BCUT2D eigenvalue weighted by Gasteiger charge is 2.16. The molecule has 3 nitrogen and oxygen atoms in total. The average molecular weight is 206 g/mol. The minimum absolute atomic E-state index is 0.284. The third kappa shape index (κ3) is 3.36. The SMILES string of the molecule is CN=C1C=CC(=CN(O)C(C)(C)C)C=C1. The van der Waals surface area contributed by atoms with Gasteiger partial charge in [-0.25, -0.2) is 0 Å². The highest BCUT2D eigenvalue weighted by atomic mass is 16.5. The maximum atomic E-state index is 9.72. The minimum Gasteiger partial charge on any atom is -0.289 e. The van der Waals surface area contributed by atoms with Crippen LogP contribution in [0.4, 0.5) is 0 Å². The van der Waals surface area contributed by atoms with Crippen LogP contribution in [-0.2, 0) is 0 Å². The molecule has 0 aromatic rings. The lowest BCUT2D eigenvalue weighted by Gasteiger charge is -2.28. The molecule has 15 heavy (non-hydrogen) atoms. The molecule has 0 aliphatic heterocycles. The van der Waals surface area contributed by atoms with Crippen molar-refractivity contribution in [3.63, 3.8) is 0 Å². The summed E-state index contributed by atoms with van der Waals surface area (Å²) in [5.41, 5.74) is 1.61. The van der Waals surface area contributed by atoms with Gasteiger partial charge in [-0.15, -0.1) is 0 Å². The van der Waals surface area contributed by atoms with Gasteiger partial charge < -0.3 is 0 Å². The zero-order valence-electron chi connectivity index (χ0n) is 9.73. The molecule has 3 heteroatoms. The Balaban J connectivity index is 2.77. The number of hydroxylamine groups is 2. The largest absolute Gasteiger partial charge is 0.289 e. The second kappa shape index (κ2) is 4.45. The van der Waals surface area contributed by atoms with Crippen molar-refractivity contribution in [2.24, 2.45) is 4.99 Å². The molecular formula is C12H18N2O. The molecule has 0 saturated carbocycles. The van der Waals surface area contributed by atoms with Gasteiger partial charge in [0.15, 0.2) is 0 Å². The Bertz CT molecular complexity index is 325. The maximum absolute atomic E-state index is 9.72. The van der Waals surface area contributed by atoms with E-state index in [2.05, 4.69) is 4.99 Å². The predicted molar refractivity (Wildman–Crippen MR) is 63.1 cm³/mol. The lowest BCUT2D eigenvalue weighted by atomic mass is 10.1. The van der Waals surface area contributed by atoms with Crippen LogP contribution in [0, 0.1) is 0 Å². The van der Waals surface area contributed by atoms with Crippen LogP contribution in [0.2, 0.25) is 0 Å². The minimum atomic E-state index is -0.284. The monoisotopic (exact) mass is 206 g/mol. The van der Waals surface area contributed by atoms with Crippen molar-refractivity contribution in [1.29, 1.82) is 0 Å². The summed E-state index contributed by atoms with van der Waals surface area (Å²) in [6.45, 7) is 5.83. The number of hydrogen-bond donors (Lipinski definition) is 1. The van der Waals surface area contributed by atoms with E-state index in [-0.39, 0.29) is 5.54 Å². The smallest absolute Gasteiger partial charge is 0.0580 e. The molecule has 0 saturated heterocycles. The van der Waals surface area contributed by atoms with Crippen molar-refractivity contribution < 1.29 is 5.21 Å². The van der Waals surface area contributed by atoms with Gasteiger partial charge in [0.1, 0.15) is 0 Å². The molecule has 1 aliphatic carbocycles. The van der Waals surface area contributed by atoms with Crippen molar-refractivity contribution in [3.05, 3.63) is 36.1 Å². The van der Waals surface area contributed by atoms with E-state index in [0.29, 0.717) is 0 Å². The average Bonchev–Trinajstić information content (AvgIpc) is 2.17. The summed E-state index contributed by atoms with van der Waals surface area (Å²) >= 11 is 0. The fourth-order valence-corrected chi connectivity index (χ4v) is 1.04. The van der Waals surface area contributed by atoms with Gasteiger partial charge in [-0.3, -0.25) is 15.3 Å². The van der Waals surface area contributed by atoms with Crippen LogP contribution in [0.15, 0.2) is 41.1 Å². The molecule has 0 heterocycles. The zero-order valence-corrected chi connectivity index (χ0v) is 9.73. The van der Waals surface area contributed by atoms with Crippen LogP contribution in [0.25, 0.3) is 0 Å². The van der Waals surface area contributed by atoms with E-state index in [4.69, 9.17) is 0 Å². The first-order valence-electron chi connectivity index (χ1n) is 4.96. The van der Waals surface area contributed by atoms with Gasteiger partial charge in [-0.05, 0) is 38.5 Å². The van der Waals surface area contributed by atoms with Crippen LogP contribution in [0.5, 0.6) is 0 Å². The number of nitrogens with zero attached hydrogens (tertiary/aromatic N) is 2. The molecule has 1 aliphatic rings. The molecule has 0 aromatic carbocycles. The summed E-state index contributed by atoms with van der Waals surface area (Å²) in [7, 11) is 1.76. The second-order valence-electron chi connectivity index (χ2n) is 4.46. The molecular weight excluding hydrogens is 188 g/mol. The van der Waals surface area contributed by atoms with Gasteiger partial charge in [-0.1, -0.05) is 12.2 Å². The molecule has 0 bridgehead atoms. The zero-order chi connectivity index (χ0) is 11.5. The molecule has 82 valence electrons. The molecule has 0 atom stereocenters. The predicted octanol–water partition coefficient (Wildman–Crippen LogP) is 2.56. The van der Waals surface area contributed by atoms with E-state index in [1.54, 1.807) is 13.2 Å². The van der Waals surface area contributed by atoms with E-state index in [0.717, 1.165) is 11.3 Å². The van der Waals surface area contributed by atoms with Gasteiger partial charge in [0.2, 0.25) is 0 Å². The van der Waals surface area contributed by atoms with Crippen molar-refractivity contribution in [2.45, 2.75) is 26.3 Å². The molecule has 0 spiro atoms. The highest BCUT2D eigenvalue weighted by Crippen LogP contribution is 2.14. The van der Waals surface area contributed by atoms with E-state index in [9.17, 15) is 5.21 Å². The number of allylic oxidation sites excluding steroid dienone is 5. The summed E-state index contributed by atoms with van der Waals surface area (Å²) < 4.78 is 0. The summed E-state index contributed by atoms with van der Waals surface area (Å²) in [5, 5.41) is 10.9. The molecule has 0 fully saturated rings. The van der Waals surface area contributed by atoms with Crippen molar-refractivity contribution in [3.8, 4) is 0 Å². The topological polar surface area (TPSA) is 35.8 Å². The molecule has 0 amide bonds. The lowest BCUT2D eigenvalue weighted by Crippen LogP contribution is -2.34. The maximum Gasteiger partial charge on any atom is 0.0580 e. The first kappa shape index (κ1) is 11.7. The van der Waals surface area contributed by atoms with Crippen LogP contribution < -0.4 is 0 Å². The van der Waals surface area contributed by atoms with Gasteiger partial charge in [-0.2, -0.15) is 0 Å². The molecule has 0 unspecified atom stereocenters. The lowest BCUT2D eigenvalue weighted by molar-refractivity contribution is -0.110. The Morgan fingerprint density at radius 1 is 1.20 bits per heavy atom. The summed E-state index contributed by atoms with van der Waals surface area (Å²) in [5.74, 6) is 0. The number of aliphatic imine (C=N–C) groups is 1. The standard InChI is InChI=1S/C12H18N2O/c1-12(2,3)14(15)9-10-5-7-11(13-4)8-6-10/h5-9,15H,1-4H3. The summed E-state index contributed by atoms with van der Waals surface area (Å²) in [6.07, 6.45) is 9.40. The van der Waals surface area contributed by atoms with Gasteiger partial charge in [0.05, 0.1) is 11.3 Å². The number of hydrogen-bond acceptors (Lipinski definition) is 3. The van der Waals surface area contributed by atoms with Gasteiger partial charge in [0.25, 0.3) is 0 Å². The van der Waals surface area contributed by atoms with Crippen LogP contribution in [0.3, 0.4) is 0 Å². The van der Waals surface area contributed by atoms with Crippen LogP contribution in [0.1, 0.15) is 20.8 Å². The first-order chi connectivity index (χ1) is 6.93. The molecule has 0 radical (unpaired) electrons. The second-order valence-corrected chi connectivity index (χ2v) is 4.46. The Hall–Kier alpha value is -1.35. The molecule has 1 rings (SSSR count). The van der Waals surface area contributed by atoms with Gasteiger partial charge in [0, 0.05) is 13.2 Å². The third-order valence-electron chi connectivity index (χ3n) is 2.11. The van der Waals surface area contributed by atoms with Gasteiger partial charge >= 0.3 is 0 Å². The quantitative estimate of drug-likeness (QED) is 0.669. The Morgan fingerprint density at radius 3 is 2.13 bits per heavy atom. The van der Waals surface area contributed by atoms with Crippen LogP contribution in [-0.4, -0.2) is 28.6 Å². The Morgan fingerprint density at radius 2 is 1.73 bits per heavy atom. The Labute approximate surface area is 91.1 Å². The number of rotatable bonds is 1. The van der Waals surface area contributed by atoms with Crippen molar-refractivity contribution in [2.75, 3.05) is 7.05 Å².